The number of hydrogen-bond donors (Lipinski definition) is 2. The van der Waals surface area contributed by atoms with E-state index in [0.717, 1.165) is 17.9 Å². The summed E-state index contributed by atoms with van der Waals surface area (Å²) >= 11 is 1.83. The lowest BCUT2D eigenvalue weighted by molar-refractivity contribution is -0.136. The van der Waals surface area contributed by atoms with Crippen LogP contribution in [0.2, 0.25) is 0 Å². The fourth-order valence-electron chi connectivity index (χ4n) is 1.55. The summed E-state index contributed by atoms with van der Waals surface area (Å²) in [5, 5.41) is 12.1. The van der Waals surface area contributed by atoms with Gasteiger partial charge in [-0.25, -0.2) is 0 Å². The van der Waals surface area contributed by atoms with Crippen molar-refractivity contribution in [3.63, 3.8) is 0 Å². The predicted molar refractivity (Wildman–Crippen MR) is 72.5 cm³/mol. The lowest BCUT2D eigenvalue weighted by Crippen LogP contribution is -2.27. The van der Waals surface area contributed by atoms with E-state index in [1.54, 1.807) is 0 Å². The van der Waals surface area contributed by atoms with Gasteiger partial charge in [0, 0.05) is 18.3 Å². The highest BCUT2D eigenvalue weighted by atomic mass is 32.2. The van der Waals surface area contributed by atoms with Crippen LogP contribution < -0.4 is 5.32 Å². The van der Waals surface area contributed by atoms with Gasteiger partial charge in [0.05, 0.1) is 6.42 Å². The molecule has 1 aromatic carbocycles. The number of nitrogens with one attached hydrogen (secondary N) is 1. The summed E-state index contributed by atoms with van der Waals surface area (Å²) in [5.41, 5.74) is 2.03. The van der Waals surface area contributed by atoms with E-state index < -0.39 is 5.97 Å². The molecule has 1 rings (SSSR count). The molecule has 17 heavy (non-hydrogen) atoms. The van der Waals surface area contributed by atoms with Gasteiger partial charge in [0.2, 0.25) is 0 Å². The van der Waals surface area contributed by atoms with E-state index in [2.05, 4.69) is 18.5 Å². The number of carboxylic acid groups (broad SMARTS) is 1. The van der Waals surface area contributed by atoms with Crippen molar-refractivity contribution in [2.45, 2.75) is 25.9 Å². The summed E-state index contributed by atoms with van der Waals surface area (Å²) in [6.45, 7) is 2.99. The highest BCUT2D eigenvalue weighted by Gasteiger charge is 2.02. The normalized spacial score (nSPS) is 12.4. The molecule has 0 heterocycles. The molecule has 1 atom stereocenters. The van der Waals surface area contributed by atoms with Gasteiger partial charge in [-0.3, -0.25) is 4.79 Å². The van der Waals surface area contributed by atoms with Gasteiger partial charge in [-0.15, -0.1) is 0 Å². The first-order valence-electron chi connectivity index (χ1n) is 5.63. The molecule has 0 aromatic heterocycles. The van der Waals surface area contributed by atoms with Crippen LogP contribution in [0.25, 0.3) is 0 Å². The molecule has 0 aliphatic carbocycles. The SMILES string of the molecule is CSCC(C)NCc1ccc(CC(=O)O)cc1. The van der Waals surface area contributed by atoms with Gasteiger partial charge in [-0.2, -0.15) is 11.8 Å². The maximum absolute atomic E-state index is 10.5. The van der Waals surface area contributed by atoms with Crippen molar-refractivity contribution in [3.8, 4) is 0 Å². The second-order valence-corrected chi connectivity index (χ2v) is 5.03. The summed E-state index contributed by atoms with van der Waals surface area (Å²) in [6.07, 6.45) is 2.19. The molecule has 0 amide bonds. The van der Waals surface area contributed by atoms with Crippen LogP contribution in [0, 0.1) is 0 Å². The van der Waals surface area contributed by atoms with Crippen LogP contribution in [0.4, 0.5) is 0 Å². The molecule has 4 heteroatoms. The molecule has 94 valence electrons. The minimum absolute atomic E-state index is 0.0938. The Morgan fingerprint density at radius 2 is 1.94 bits per heavy atom. The Kier molecular flexibility index (Phi) is 6.08. The third-order valence-corrected chi connectivity index (χ3v) is 3.28. The zero-order chi connectivity index (χ0) is 12.7. The number of aliphatic carboxylic acids is 1. The summed E-state index contributed by atoms with van der Waals surface area (Å²) in [5.74, 6) is 0.307. The number of hydrogen-bond acceptors (Lipinski definition) is 3. The van der Waals surface area contributed by atoms with Crippen molar-refractivity contribution in [2.75, 3.05) is 12.0 Å². The Morgan fingerprint density at radius 1 is 1.35 bits per heavy atom. The second kappa shape index (κ2) is 7.35. The van der Waals surface area contributed by atoms with Crippen molar-refractivity contribution in [3.05, 3.63) is 35.4 Å². The summed E-state index contributed by atoms with van der Waals surface area (Å²) in [7, 11) is 0. The smallest absolute Gasteiger partial charge is 0.307 e. The van der Waals surface area contributed by atoms with Crippen LogP contribution in [-0.2, 0) is 17.8 Å². The van der Waals surface area contributed by atoms with Gasteiger partial charge in [-0.1, -0.05) is 24.3 Å². The lowest BCUT2D eigenvalue weighted by Gasteiger charge is -2.12. The number of rotatable bonds is 7. The molecule has 0 fully saturated rings. The molecule has 0 spiro atoms. The monoisotopic (exact) mass is 253 g/mol. The number of carboxylic acids is 1. The molecular formula is C13H19NO2S. The first kappa shape index (κ1) is 14.1. The summed E-state index contributed by atoms with van der Waals surface area (Å²) in [4.78, 5) is 10.5. The van der Waals surface area contributed by atoms with Crippen molar-refractivity contribution in [1.82, 2.24) is 5.32 Å². The first-order valence-corrected chi connectivity index (χ1v) is 7.03. The standard InChI is InChI=1S/C13H19NO2S/c1-10(9-17-2)14-8-12-5-3-11(4-6-12)7-13(15)16/h3-6,10,14H,7-9H2,1-2H3,(H,15,16). The van der Waals surface area contributed by atoms with Gasteiger partial charge >= 0.3 is 5.97 Å². The van der Waals surface area contributed by atoms with E-state index in [4.69, 9.17) is 5.11 Å². The maximum atomic E-state index is 10.5. The third kappa shape index (κ3) is 5.75. The van der Waals surface area contributed by atoms with Crippen molar-refractivity contribution < 1.29 is 9.90 Å². The zero-order valence-corrected chi connectivity index (χ0v) is 11.1. The van der Waals surface area contributed by atoms with Gasteiger partial charge in [0.1, 0.15) is 0 Å². The van der Waals surface area contributed by atoms with Crippen molar-refractivity contribution >= 4 is 17.7 Å². The van der Waals surface area contributed by atoms with Crippen molar-refractivity contribution in [2.24, 2.45) is 0 Å². The highest BCUT2D eigenvalue weighted by Crippen LogP contribution is 2.06. The Labute approximate surface area is 107 Å². The molecule has 0 aliphatic rings. The molecule has 1 unspecified atom stereocenters. The van der Waals surface area contributed by atoms with E-state index in [1.807, 2.05) is 36.0 Å². The Morgan fingerprint density at radius 3 is 2.47 bits per heavy atom. The third-order valence-electron chi connectivity index (χ3n) is 2.45. The zero-order valence-electron chi connectivity index (χ0n) is 10.3. The minimum Gasteiger partial charge on any atom is -0.481 e. The Balaban J connectivity index is 2.42. The van der Waals surface area contributed by atoms with E-state index in [1.165, 1.54) is 5.56 Å². The van der Waals surface area contributed by atoms with Crippen LogP contribution in [-0.4, -0.2) is 29.1 Å². The Bertz CT molecular complexity index is 351. The molecule has 0 bridgehead atoms. The molecule has 0 saturated heterocycles. The van der Waals surface area contributed by atoms with Crippen LogP contribution in [0.15, 0.2) is 24.3 Å². The van der Waals surface area contributed by atoms with Gasteiger partial charge in [0.15, 0.2) is 0 Å². The van der Waals surface area contributed by atoms with Crippen molar-refractivity contribution in [1.29, 1.82) is 0 Å². The van der Waals surface area contributed by atoms with Crippen LogP contribution in [0.3, 0.4) is 0 Å². The van der Waals surface area contributed by atoms with E-state index >= 15 is 0 Å². The lowest BCUT2D eigenvalue weighted by atomic mass is 10.1. The average molecular weight is 253 g/mol. The summed E-state index contributed by atoms with van der Waals surface area (Å²) < 4.78 is 0. The fourth-order valence-corrected chi connectivity index (χ4v) is 2.17. The molecular weight excluding hydrogens is 234 g/mol. The van der Waals surface area contributed by atoms with Crippen LogP contribution >= 0.6 is 11.8 Å². The minimum atomic E-state index is -0.788. The summed E-state index contributed by atoms with van der Waals surface area (Å²) in [6, 6.07) is 8.21. The van der Waals surface area contributed by atoms with Crippen LogP contribution in [0.5, 0.6) is 0 Å². The quantitative estimate of drug-likeness (QED) is 0.782. The molecule has 0 radical (unpaired) electrons. The number of benzene rings is 1. The van der Waals surface area contributed by atoms with Crippen LogP contribution in [0.1, 0.15) is 18.1 Å². The van der Waals surface area contributed by atoms with E-state index in [-0.39, 0.29) is 6.42 Å². The fraction of sp³-hybridized carbons (Fsp3) is 0.462. The van der Waals surface area contributed by atoms with E-state index in [9.17, 15) is 4.79 Å². The number of thioether (sulfide) groups is 1. The molecule has 3 nitrogen and oxygen atoms in total. The highest BCUT2D eigenvalue weighted by molar-refractivity contribution is 7.98. The second-order valence-electron chi connectivity index (χ2n) is 4.12. The number of carbonyl (C=O) groups is 1. The van der Waals surface area contributed by atoms with Gasteiger partial charge < -0.3 is 10.4 Å². The average Bonchev–Trinajstić information content (AvgIpc) is 2.28. The Hall–Kier alpha value is -1.00. The predicted octanol–water partition coefficient (Wildman–Crippen LogP) is 2.15. The molecule has 2 N–H and O–H groups in total. The largest absolute Gasteiger partial charge is 0.481 e. The molecule has 1 aromatic rings. The first-order chi connectivity index (χ1) is 8.11. The maximum Gasteiger partial charge on any atom is 0.307 e. The van der Waals surface area contributed by atoms with Gasteiger partial charge in [-0.05, 0) is 24.3 Å². The molecule has 0 aliphatic heterocycles. The molecule has 0 saturated carbocycles. The topological polar surface area (TPSA) is 49.3 Å². The van der Waals surface area contributed by atoms with E-state index in [0.29, 0.717) is 6.04 Å². The van der Waals surface area contributed by atoms with Gasteiger partial charge in [0.25, 0.3) is 0 Å².